The fourth-order valence-corrected chi connectivity index (χ4v) is 4.21. The van der Waals surface area contributed by atoms with Crippen LogP contribution >= 0.6 is 0 Å². The molecular formula is C26H33F3N2. The normalized spacial score (nSPS) is 23.5. The minimum Gasteiger partial charge on any atom is -0.323 e. The van der Waals surface area contributed by atoms with Crippen LogP contribution in [0, 0.1) is 34.7 Å². The van der Waals surface area contributed by atoms with Gasteiger partial charge in [-0.2, -0.15) is 0 Å². The van der Waals surface area contributed by atoms with Crippen molar-refractivity contribution in [2.45, 2.75) is 65.5 Å². The number of hydrogen-bond donors (Lipinski definition) is 1. The highest BCUT2D eigenvalue weighted by molar-refractivity contribution is 5.92. The first-order chi connectivity index (χ1) is 14.4. The van der Waals surface area contributed by atoms with E-state index in [1.165, 1.54) is 18.2 Å². The minimum absolute atomic E-state index is 0.0128. The van der Waals surface area contributed by atoms with E-state index < -0.39 is 17.2 Å². The van der Waals surface area contributed by atoms with Crippen LogP contribution in [-0.4, -0.2) is 11.8 Å². The lowest BCUT2D eigenvalue weighted by molar-refractivity contribution is 0.370. The van der Waals surface area contributed by atoms with Crippen molar-refractivity contribution < 1.29 is 13.2 Å². The zero-order valence-electron chi connectivity index (χ0n) is 19.1. The molecule has 5 heteroatoms. The fraction of sp³-hybridized carbons (Fsp3) is 0.500. The van der Waals surface area contributed by atoms with Crippen LogP contribution in [0.5, 0.6) is 0 Å². The number of hydrogen-bond acceptors (Lipinski definition) is 2. The summed E-state index contributed by atoms with van der Waals surface area (Å²) in [7, 11) is 0. The Balaban J connectivity index is 1.96. The average molecular weight is 431 g/mol. The molecule has 0 aliphatic heterocycles. The molecular weight excluding hydrogens is 397 g/mol. The molecule has 0 heterocycles. The van der Waals surface area contributed by atoms with E-state index in [4.69, 9.17) is 10.7 Å². The van der Waals surface area contributed by atoms with E-state index in [1.807, 2.05) is 13.0 Å². The summed E-state index contributed by atoms with van der Waals surface area (Å²) >= 11 is 0. The first-order valence-electron chi connectivity index (χ1n) is 11.0. The zero-order chi connectivity index (χ0) is 23.0. The molecule has 2 N–H and O–H groups in total. The third-order valence-electron chi connectivity index (χ3n) is 6.51. The van der Waals surface area contributed by atoms with E-state index in [-0.39, 0.29) is 29.1 Å². The maximum absolute atomic E-state index is 14.7. The standard InChI is InChI=1S/C26H33F3N2/c1-16(9-10-18-7-6-8-19(27)13-18)23(24(30)25(3,4)5)31-26(15-17(26)2)21-14-20(28)11-12-22(21)29/h6-8,11-14,16-17,24H,9-10,15,30H2,1-5H3. The van der Waals surface area contributed by atoms with Crippen molar-refractivity contribution >= 4 is 5.71 Å². The van der Waals surface area contributed by atoms with Crippen molar-refractivity contribution in [3.05, 3.63) is 71.0 Å². The number of rotatable bonds is 7. The van der Waals surface area contributed by atoms with Gasteiger partial charge in [0.2, 0.25) is 0 Å². The molecule has 0 spiro atoms. The molecule has 168 valence electrons. The lowest BCUT2D eigenvalue weighted by Crippen LogP contribution is -2.45. The summed E-state index contributed by atoms with van der Waals surface area (Å²) in [6.07, 6.45) is 2.08. The van der Waals surface area contributed by atoms with Crippen LogP contribution in [0.25, 0.3) is 0 Å². The summed E-state index contributed by atoms with van der Waals surface area (Å²) in [6, 6.07) is 9.82. The van der Waals surface area contributed by atoms with Gasteiger partial charge in [-0.25, -0.2) is 13.2 Å². The smallest absolute Gasteiger partial charge is 0.129 e. The van der Waals surface area contributed by atoms with Crippen LogP contribution in [0.4, 0.5) is 13.2 Å². The van der Waals surface area contributed by atoms with E-state index in [9.17, 15) is 13.2 Å². The van der Waals surface area contributed by atoms with Gasteiger partial charge in [-0.05, 0) is 72.4 Å². The molecule has 0 radical (unpaired) electrons. The lowest BCUT2D eigenvalue weighted by Gasteiger charge is -2.33. The molecule has 2 aromatic carbocycles. The summed E-state index contributed by atoms with van der Waals surface area (Å²) in [5.74, 6) is -1.05. The van der Waals surface area contributed by atoms with Crippen molar-refractivity contribution in [3.63, 3.8) is 0 Å². The van der Waals surface area contributed by atoms with Gasteiger partial charge in [0.15, 0.2) is 0 Å². The SMILES string of the molecule is CC(CCc1cccc(F)c1)C(=NC1(c2cc(F)ccc2F)CC1C)C(N)C(C)(C)C. The maximum Gasteiger partial charge on any atom is 0.129 e. The lowest BCUT2D eigenvalue weighted by atomic mass is 9.79. The Morgan fingerprint density at radius 2 is 1.77 bits per heavy atom. The van der Waals surface area contributed by atoms with Crippen LogP contribution in [0.2, 0.25) is 0 Å². The first kappa shape index (κ1) is 23.5. The second-order valence-electron chi connectivity index (χ2n) is 10.1. The molecule has 0 saturated heterocycles. The highest BCUT2D eigenvalue weighted by Crippen LogP contribution is 2.56. The fourth-order valence-electron chi connectivity index (χ4n) is 4.21. The number of nitrogens with two attached hydrogens (primary N) is 1. The molecule has 4 unspecified atom stereocenters. The number of benzene rings is 2. The highest BCUT2D eigenvalue weighted by atomic mass is 19.1. The van der Waals surface area contributed by atoms with Crippen molar-refractivity contribution in [1.82, 2.24) is 0 Å². The Morgan fingerprint density at radius 3 is 2.35 bits per heavy atom. The third-order valence-corrected chi connectivity index (χ3v) is 6.51. The molecule has 4 atom stereocenters. The van der Waals surface area contributed by atoms with Gasteiger partial charge < -0.3 is 5.73 Å². The zero-order valence-corrected chi connectivity index (χ0v) is 19.1. The van der Waals surface area contributed by atoms with E-state index in [0.29, 0.717) is 18.4 Å². The second kappa shape index (κ2) is 8.78. The first-order valence-corrected chi connectivity index (χ1v) is 11.0. The third kappa shape index (κ3) is 5.20. The Bertz CT molecular complexity index is 963. The molecule has 1 saturated carbocycles. The summed E-state index contributed by atoms with van der Waals surface area (Å²) < 4.78 is 42.2. The molecule has 2 nitrogen and oxygen atoms in total. The van der Waals surface area contributed by atoms with Crippen LogP contribution in [-0.2, 0) is 12.0 Å². The summed E-state index contributed by atoms with van der Waals surface area (Å²) in [4.78, 5) is 5.08. The Kier molecular flexibility index (Phi) is 6.66. The largest absolute Gasteiger partial charge is 0.323 e. The quantitative estimate of drug-likeness (QED) is 0.506. The van der Waals surface area contributed by atoms with Crippen molar-refractivity contribution in [1.29, 1.82) is 0 Å². The van der Waals surface area contributed by atoms with E-state index >= 15 is 0 Å². The van der Waals surface area contributed by atoms with Crippen LogP contribution in [0.1, 0.15) is 58.6 Å². The van der Waals surface area contributed by atoms with Crippen LogP contribution < -0.4 is 5.73 Å². The van der Waals surface area contributed by atoms with Gasteiger partial charge in [-0.1, -0.05) is 46.8 Å². The Morgan fingerprint density at radius 1 is 1.13 bits per heavy atom. The Hall–Kier alpha value is -2.14. The summed E-state index contributed by atoms with van der Waals surface area (Å²) in [5.41, 5.74) is 7.67. The Labute approximate surface area is 183 Å². The van der Waals surface area contributed by atoms with Crippen molar-refractivity contribution in [3.8, 4) is 0 Å². The van der Waals surface area contributed by atoms with E-state index in [0.717, 1.165) is 23.8 Å². The number of halogens is 3. The van der Waals surface area contributed by atoms with E-state index in [1.54, 1.807) is 12.1 Å². The van der Waals surface area contributed by atoms with Gasteiger partial charge in [0, 0.05) is 17.3 Å². The average Bonchev–Trinajstić information content (AvgIpc) is 3.35. The highest BCUT2D eigenvalue weighted by Gasteiger charge is 2.55. The van der Waals surface area contributed by atoms with Gasteiger partial charge in [-0.15, -0.1) is 0 Å². The van der Waals surface area contributed by atoms with Gasteiger partial charge in [0.1, 0.15) is 17.5 Å². The van der Waals surface area contributed by atoms with Crippen molar-refractivity contribution in [2.75, 3.05) is 0 Å². The molecule has 2 aromatic rings. The second-order valence-corrected chi connectivity index (χ2v) is 10.1. The summed E-state index contributed by atoms with van der Waals surface area (Å²) in [5, 5.41) is 0. The molecule has 0 bridgehead atoms. The monoisotopic (exact) mass is 430 g/mol. The molecule has 31 heavy (non-hydrogen) atoms. The van der Waals surface area contributed by atoms with Crippen LogP contribution in [0.15, 0.2) is 47.5 Å². The van der Waals surface area contributed by atoms with Gasteiger partial charge >= 0.3 is 0 Å². The van der Waals surface area contributed by atoms with Gasteiger partial charge in [-0.3, -0.25) is 4.99 Å². The summed E-state index contributed by atoms with van der Waals surface area (Å²) in [6.45, 7) is 10.2. The molecule has 0 aromatic heterocycles. The topological polar surface area (TPSA) is 38.4 Å². The molecule has 3 rings (SSSR count). The number of nitrogens with zero attached hydrogens (tertiary/aromatic N) is 1. The predicted molar refractivity (Wildman–Crippen MR) is 121 cm³/mol. The van der Waals surface area contributed by atoms with Gasteiger partial charge in [0.25, 0.3) is 0 Å². The van der Waals surface area contributed by atoms with Gasteiger partial charge in [0.05, 0.1) is 5.54 Å². The van der Waals surface area contributed by atoms with E-state index in [2.05, 4.69) is 27.7 Å². The molecule has 1 aliphatic rings. The minimum atomic E-state index is -0.780. The van der Waals surface area contributed by atoms with Crippen LogP contribution in [0.3, 0.4) is 0 Å². The van der Waals surface area contributed by atoms with Crippen molar-refractivity contribution in [2.24, 2.45) is 28.0 Å². The number of aliphatic imine (C=N–C) groups is 1. The number of aryl methyl sites for hydroxylation is 1. The molecule has 1 aliphatic carbocycles. The molecule has 1 fully saturated rings. The predicted octanol–water partition coefficient (Wildman–Crippen LogP) is 6.42. The maximum atomic E-state index is 14.7. The molecule has 0 amide bonds.